The second kappa shape index (κ2) is 19.8. The van der Waals surface area contributed by atoms with Crippen molar-refractivity contribution in [2.24, 2.45) is 5.73 Å². The number of amides is 2. The lowest BCUT2D eigenvalue weighted by Gasteiger charge is -2.28. The lowest BCUT2D eigenvalue weighted by molar-refractivity contribution is -0.142. The van der Waals surface area contributed by atoms with Crippen LogP contribution in [0.25, 0.3) is 0 Å². The van der Waals surface area contributed by atoms with Crippen LogP contribution < -0.4 is 16.4 Å². The van der Waals surface area contributed by atoms with Gasteiger partial charge in [-0.3, -0.25) is 19.3 Å². The number of aliphatic hydroxyl groups excluding tert-OH is 2. The van der Waals surface area contributed by atoms with Crippen LogP contribution in [0.3, 0.4) is 0 Å². The van der Waals surface area contributed by atoms with Crippen molar-refractivity contribution >= 4 is 42.6 Å². The minimum absolute atomic E-state index is 0. The molecule has 2 amide bonds. The zero-order chi connectivity index (χ0) is 21.5. The number of unbranched alkanes of at least 4 members (excludes halogenated alkanes) is 2. The van der Waals surface area contributed by atoms with Gasteiger partial charge in [0.25, 0.3) is 0 Å². The third kappa shape index (κ3) is 14.8. The maximum atomic E-state index is 12.0. The molecule has 0 aliphatic heterocycles. The van der Waals surface area contributed by atoms with Crippen LogP contribution in [0.1, 0.15) is 39.5 Å². The van der Waals surface area contributed by atoms with Gasteiger partial charge in [0, 0.05) is 32.7 Å². The summed E-state index contributed by atoms with van der Waals surface area (Å²) in [6.07, 6.45) is 0.582. The van der Waals surface area contributed by atoms with Crippen molar-refractivity contribution in [1.82, 2.24) is 15.5 Å². The molecule has 0 rings (SSSR count). The Labute approximate surface area is 191 Å². The predicted molar refractivity (Wildman–Crippen MR) is 119 cm³/mol. The molecule has 180 valence electrons. The fraction of sp³-hybridized carbons (Fsp3) is 0.833. The smallest absolute Gasteiger partial charge is 0.323 e. The van der Waals surface area contributed by atoms with Crippen molar-refractivity contribution in [3.8, 4) is 0 Å². The number of hydrogen-bond donors (Lipinski definition) is 5. The minimum Gasteiger partial charge on any atom is -0.468 e. The Bertz CT molecular complexity index is 458. The van der Waals surface area contributed by atoms with E-state index in [1.165, 1.54) is 12.0 Å². The molecule has 0 aliphatic carbocycles. The van der Waals surface area contributed by atoms with E-state index in [2.05, 4.69) is 15.4 Å². The fourth-order valence-corrected chi connectivity index (χ4v) is 2.40. The molecule has 3 unspecified atom stereocenters. The van der Waals surface area contributed by atoms with Gasteiger partial charge in [-0.25, -0.2) is 0 Å². The highest BCUT2D eigenvalue weighted by Gasteiger charge is 2.27. The van der Waals surface area contributed by atoms with E-state index in [1.807, 2.05) is 13.8 Å². The summed E-state index contributed by atoms with van der Waals surface area (Å²) in [6.45, 7) is 4.36. The van der Waals surface area contributed by atoms with Crippen molar-refractivity contribution in [3.05, 3.63) is 0 Å². The first-order valence-corrected chi connectivity index (χ1v) is 9.74. The second-order valence-corrected chi connectivity index (χ2v) is 6.67. The lowest BCUT2D eigenvalue weighted by Crippen LogP contribution is -2.52. The molecule has 0 spiro atoms. The van der Waals surface area contributed by atoms with E-state index in [0.717, 1.165) is 25.7 Å². The van der Waals surface area contributed by atoms with Crippen LogP contribution in [0.4, 0.5) is 0 Å². The van der Waals surface area contributed by atoms with Crippen LogP contribution in [0, 0.1) is 0 Å². The number of halogens is 2. The third-order valence-electron chi connectivity index (χ3n) is 4.09. The summed E-state index contributed by atoms with van der Waals surface area (Å²) >= 11 is 0. The van der Waals surface area contributed by atoms with Gasteiger partial charge >= 0.3 is 5.97 Å². The van der Waals surface area contributed by atoms with E-state index in [-0.39, 0.29) is 44.4 Å². The van der Waals surface area contributed by atoms with E-state index >= 15 is 0 Å². The van der Waals surface area contributed by atoms with E-state index in [1.54, 1.807) is 0 Å². The summed E-state index contributed by atoms with van der Waals surface area (Å²) in [7, 11) is 1.19. The first-order chi connectivity index (χ1) is 13.3. The fourth-order valence-electron chi connectivity index (χ4n) is 2.40. The van der Waals surface area contributed by atoms with Gasteiger partial charge in [-0.15, -0.1) is 24.8 Å². The SMILES string of the molecule is CCCCNC(=O)C(O)CN(CC(N)C(=O)OC)CC(O)C(=O)NCCCC.Cl.Cl. The number of carbonyl (C=O) groups excluding carboxylic acids is 3. The molecule has 0 aromatic heterocycles. The highest BCUT2D eigenvalue weighted by Crippen LogP contribution is 2.01. The van der Waals surface area contributed by atoms with Crippen LogP contribution in [-0.4, -0.2) is 91.0 Å². The molecule has 0 aromatic carbocycles. The molecule has 0 saturated heterocycles. The van der Waals surface area contributed by atoms with E-state index in [0.29, 0.717) is 13.1 Å². The Hall–Kier alpha value is -1.17. The Kier molecular flexibility index (Phi) is 22.1. The van der Waals surface area contributed by atoms with Crippen LogP contribution in [0.2, 0.25) is 0 Å². The van der Waals surface area contributed by atoms with Crippen LogP contribution in [0.5, 0.6) is 0 Å². The maximum absolute atomic E-state index is 12.0. The topological polar surface area (TPSA) is 154 Å². The van der Waals surface area contributed by atoms with Crippen molar-refractivity contribution < 1.29 is 29.3 Å². The summed E-state index contributed by atoms with van der Waals surface area (Å²) in [4.78, 5) is 36.9. The molecule has 12 heteroatoms. The number of nitrogens with zero attached hydrogens (tertiary/aromatic N) is 1. The Morgan fingerprint density at radius 3 is 1.63 bits per heavy atom. The van der Waals surface area contributed by atoms with Gasteiger partial charge in [0.1, 0.15) is 18.2 Å². The Morgan fingerprint density at radius 2 is 1.30 bits per heavy atom. The minimum atomic E-state index is -1.39. The highest BCUT2D eigenvalue weighted by molar-refractivity contribution is 5.85. The summed E-state index contributed by atoms with van der Waals surface area (Å²) < 4.78 is 4.57. The molecule has 0 radical (unpaired) electrons. The number of aliphatic hydroxyl groups is 2. The zero-order valence-electron chi connectivity index (χ0n) is 18.0. The number of hydrogen-bond acceptors (Lipinski definition) is 8. The van der Waals surface area contributed by atoms with Gasteiger partial charge in [0.2, 0.25) is 11.8 Å². The van der Waals surface area contributed by atoms with E-state index in [4.69, 9.17) is 5.73 Å². The number of carbonyl (C=O) groups is 3. The molecule has 0 saturated carbocycles. The first kappa shape index (κ1) is 33.5. The average Bonchev–Trinajstić information content (AvgIpc) is 2.67. The van der Waals surface area contributed by atoms with Crippen LogP contribution in [-0.2, 0) is 19.1 Å². The molecular weight excluding hydrogens is 439 g/mol. The van der Waals surface area contributed by atoms with Gasteiger partial charge in [0.15, 0.2) is 0 Å². The summed E-state index contributed by atoms with van der Waals surface area (Å²) in [5.41, 5.74) is 5.75. The van der Waals surface area contributed by atoms with Crippen LogP contribution >= 0.6 is 24.8 Å². The number of esters is 1. The molecule has 0 heterocycles. The number of rotatable bonds is 15. The number of methoxy groups -OCH3 is 1. The normalized spacial score (nSPS) is 13.3. The molecule has 0 aromatic rings. The lowest BCUT2D eigenvalue weighted by atomic mass is 10.2. The quantitative estimate of drug-likeness (QED) is 0.152. The standard InChI is InChI=1S/C18H36N4O6.2ClH/c1-4-6-8-20-16(25)14(23)11-22(10-13(19)18(27)28-3)12-15(24)17(26)21-9-7-5-2;;/h13-15,23-24H,4-12,19H2,1-3H3,(H,20,25)(H,21,26);2*1H. The largest absolute Gasteiger partial charge is 0.468 e. The molecule has 3 atom stereocenters. The van der Waals surface area contributed by atoms with Gasteiger partial charge < -0.3 is 31.3 Å². The number of nitrogens with one attached hydrogen (secondary N) is 2. The van der Waals surface area contributed by atoms with Gasteiger partial charge in [-0.1, -0.05) is 26.7 Å². The average molecular weight is 477 g/mol. The summed E-state index contributed by atoms with van der Waals surface area (Å²) in [6, 6.07) is -1.05. The second-order valence-electron chi connectivity index (χ2n) is 6.67. The first-order valence-electron chi connectivity index (χ1n) is 9.74. The maximum Gasteiger partial charge on any atom is 0.323 e. The molecular formula is C18H38Cl2N4O6. The van der Waals surface area contributed by atoms with Gasteiger partial charge in [-0.2, -0.15) is 0 Å². The molecule has 6 N–H and O–H groups in total. The van der Waals surface area contributed by atoms with Gasteiger partial charge in [0.05, 0.1) is 7.11 Å². The molecule has 30 heavy (non-hydrogen) atoms. The third-order valence-corrected chi connectivity index (χ3v) is 4.09. The predicted octanol–water partition coefficient (Wildman–Crippen LogP) is -0.813. The summed E-state index contributed by atoms with van der Waals surface area (Å²) in [5, 5.41) is 25.5. The molecule has 0 fully saturated rings. The van der Waals surface area contributed by atoms with Crippen molar-refractivity contribution in [1.29, 1.82) is 0 Å². The molecule has 0 aliphatic rings. The van der Waals surface area contributed by atoms with Crippen molar-refractivity contribution in [3.63, 3.8) is 0 Å². The van der Waals surface area contributed by atoms with E-state index in [9.17, 15) is 24.6 Å². The zero-order valence-corrected chi connectivity index (χ0v) is 19.6. The summed E-state index contributed by atoms with van der Waals surface area (Å²) in [5.74, 6) is -1.80. The van der Waals surface area contributed by atoms with Gasteiger partial charge in [-0.05, 0) is 12.8 Å². The van der Waals surface area contributed by atoms with Crippen molar-refractivity contribution in [2.75, 3.05) is 39.8 Å². The number of ether oxygens (including phenoxy) is 1. The van der Waals surface area contributed by atoms with E-state index < -0.39 is 36.0 Å². The monoisotopic (exact) mass is 476 g/mol. The molecule has 10 nitrogen and oxygen atoms in total. The number of nitrogens with two attached hydrogens (primary N) is 1. The Balaban J connectivity index is -0.00000364. The highest BCUT2D eigenvalue weighted by atomic mass is 35.5. The molecule has 0 bridgehead atoms. The van der Waals surface area contributed by atoms with Crippen molar-refractivity contribution in [2.45, 2.75) is 57.8 Å². The Morgan fingerprint density at radius 1 is 0.900 bits per heavy atom. The van der Waals surface area contributed by atoms with Crippen LogP contribution in [0.15, 0.2) is 0 Å².